The molecule has 0 saturated carbocycles. The first-order valence-corrected chi connectivity index (χ1v) is 10.6. The maximum absolute atomic E-state index is 12.6. The first-order valence-electron chi connectivity index (χ1n) is 10.6. The number of ether oxygens (including phenoxy) is 1. The van der Waals surface area contributed by atoms with E-state index < -0.39 is 0 Å². The summed E-state index contributed by atoms with van der Waals surface area (Å²) in [6.07, 6.45) is 2.56. The predicted octanol–water partition coefficient (Wildman–Crippen LogP) is 2.78. The topological polar surface area (TPSA) is 75.9 Å². The Bertz CT molecular complexity index is 1130. The number of aromatic nitrogens is 1. The Kier molecular flexibility index (Phi) is 6.32. The van der Waals surface area contributed by atoms with E-state index in [0.29, 0.717) is 24.4 Å². The molecule has 31 heavy (non-hydrogen) atoms. The molecule has 1 fully saturated rings. The van der Waals surface area contributed by atoms with Gasteiger partial charge in [0, 0.05) is 56.4 Å². The zero-order valence-electron chi connectivity index (χ0n) is 18.0. The largest absolute Gasteiger partial charge is 0.484 e. The standard InChI is InChI=1S/C24H27N3O4/c1-3-18-13-24(29)31-22-14-19(6-7-20(18)22)30-16-23(28)27-11-9-26(10-12-27)15-21-17(2)5-4-8-25-21/h4-8,13-14H,3,9-12,15-16H2,1-2H3. The van der Waals surface area contributed by atoms with Crippen molar-refractivity contribution in [2.75, 3.05) is 32.8 Å². The second-order valence-corrected chi connectivity index (χ2v) is 7.81. The van der Waals surface area contributed by atoms with Gasteiger partial charge >= 0.3 is 5.63 Å². The van der Waals surface area contributed by atoms with E-state index in [4.69, 9.17) is 9.15 Å². The van der Waals surface area contributed by atoms with E-state index in [1.807, 2.05) is 36.2 Å². The lowest BCUT2D eigenvalue weighted by molar-refractivity contribution is -0.135. The minimum absolute atomic E-state index is 0.0391. The molecule has 162 valence electrons. The molecule has 0 spiro atoms. The summed E-state index contributed by atoms with van der Waals surface area (Å²) in [6.45, 7) is 7.78. The van der Waals surface area contributed by atoms with Crippen LogP contribution in [0, 0.1) is 6.92 Å². The zero-order valence-corrected chi connectivity index (χ0v) is 18.0. The van der Waals surface area contributed by atoms with Crippen LogP contribution in [-0.2, 0) is 17.8 Å². The number of amides is 1. The van der Waals surface area contributed by atoms with Gasteiger partial charge in [-0.25, -0.2) is 4.79 Å². The fourth-order valence-electron chi connectivity index (χ4n) is 3.88. The molecule has 1 aliphatic heterocycles. The van der Waals surface area contributed by atoms with Crippen molar-refractivity contribution < 1.29 is 13.9 Å². The Labute approximate surface area is 181 Å². The smallest absolute Gasteiger partial charge is 0.336 e. The third kappa shape index (κ3) is 4.94. The Balaban J connectivity index is 1.31. The normalized spacial score (nSPS) is 14.7. The van der Waals surface area contributed by atoms with Crippen molar-refractivity contribution >= 4 is 16.9 Å². The number of rotatable bonds is 6. The average Bonchev–Trinajstić information content (AvgIpc) is 2.78. The van der Waals surface area contributed by atoms with Crippen LogP contribution in [0.2, 0.25) is 0 Å². The van der Waals surface area contributed by atoms with Gasteiger partial charge in [-0.3, -0.25) is 14.7 Å². The quantitative estimate of drug-likeness (QED) is 0.570. The molecule has 0 aliphatic carbocycles. The van der Waals surface area contributed by atoms with Gasteiger partial charge < -0.3 is 14.1 Å². The third-order valence-electron chi connectivity index (χ3n) is 5.76. The van der Waals surface area contributed by atoms with Gasteiger partial charge in [-0.2, -0.15) is 0 Å². The van der Waals surface area contributed by atoms with Crippen LogP contribution in [0.1, 0.15) is 23.7 Å². The molecule has 4 rings (SSSR count). The van der Waals surface area contributed by atoms with Gasteiger partial charge in [0.05, 0.1) is 5.69 Å². The predicted molar refractivity (Wildman–Crippen MR) is 118 cm³/mol. The SMILES string of the molecule is CCc1cc(=O)oc2cc(OCC(=O)N3CCN(Cc4ncccc4C)CC3)ccc12. The summed E-state index contributed by atoms with van der Waals surface area (Å²) in [5.74, 6) is 0.471. The van der Waals surface area contributed by atoms with Crippen LogP contribution in [0.15, 0.2) is 51.8 Å². The highest BCUT2D eigenvalue weighted by Crippen LogP contribution is 2.23. The van der Waals surface area contributed by atoms with Gasteiger partial charge in [-0.15, -0.1) is 0 Å². The highest BCUT2D eigenvalue weighted by atomic mass is 16.5. The number of hydrogen-bond donors (Lipinski definition) is 0. The molecule has 2 aromatic heterocycles. The lowest BCUT2D eigenvalue weighted by Crippen LogP contribution is -2.49. The summed E-state index contributed by atoms with van der Waals surface area (Å²) in [7, 11) is 0. The minimum atomic E-state index is -0.378. The molecule has 0 bridgehead atoms. The molecule has 1 aromatic carbocycles. The van der Waals surface area contributed by atoms with Crippen molar-refractivity contribution in [3.63, 3.8) is 0 Å². The molecule has 1 amide bonds. The van der Waals surface area contributed by atoms with Crippen molar-refractivity contribution in [3.05, 3.63) is 69.8 Å². The van der Waals surface area contributed by atoms with Gasteiger partial charge in [0.1, 0.15) is 11.3 Å². The zero-order chi connectivity index (χ0) is 21.8. The average molecular weight is 421 g/mol. The molecule has 0 radical (unpaired) electrons. The van der Waals surface area contributed by atoms with Crippen LogP contribution in [-0.4, -0.2) is 53.5 Å². The number of aryl methyl sites for hydroxylation is 2. The van der Waals surface area contributed by atoms with Gasteiger partial charge in [0.15, 0.2) is 6.61 Å². The summed E-state index contributed by atoms with van der Waals surface area (Å²) >= 11 is 0. The molecule has 7 nitrogen and oxygen atoms in total. The van der Waals surface area contributed by atoms with Crippen molar-refractivity contribution in [2.24, 2.45) is 0 Å². The third-order valence-corrected chi connectivity index (χ3v) is 5.76. The summed E-state index contributed by atoms with van der Waals surface area (Å²) < 4.78 is 11.0. The van der Waals surface area contributed by atoms with E-state index >= 15 is 0 Å². The molecule has 0 unspecified atom stereocenters. The van der Waals surface area contributed by atoms with Crippen LogP contribution in [0.4, 0.5) is 0 Å². The monoisotopic (exact) mass is 421 g/mol. The van der Waals surface area contributed by atoms with Crippen LogP contribution in [0.3, 0.4) is 0 Å². The number of carbonyl (C=O) groups is 1. The summed E-state index contributed by atoms with van der Waals surface area (Å²) in [5.41, 5.74) is 3.31. The van der Waals surface area contributed by atoms with Crippen molar-refractivity contribution in [3.8, 4) is 5.75 Å². The lowest BCUT2D eigenvalue weighted by Gasteiger charge is -2.34. The van der Waals surface area contributed by atoms with Gasteiger partial charge in [0.2, 0.25) is 0 Å². The number of piperazine rings is 1. The van der Waals surface area contributed by atoms with E-state index in [0.717, 1.165) is 42.7 Å². The van der Waals surface area contributed by atoms with E-state index in [2.05, 4.69) is 22.9 Å². The van der Waals surface area contributed by atoms with Crippen LogP contribution in [0.5, 0.6) is 5.75 Å². The Morgan fingerprint density at radius 2 is 1.97 bits per heavy atom. The molecule has 1 saturated heterocycles. The fraction of sp³-hybridized carbons (Fsp3) is 0.375. The number of nitrogens with zero attached hydrogens (tertiary/aromatic N) is 3. The summed E-state index contributed by atoms with van der Waals surface area (Å²) in [6, 6.07) is 10.9. The van der Waals surface area contributed by atoms with Crippen LogP contribution in [0.25, 0.3) is 11.0 Å². The first-order chi connectivity index (χ1) is 15.0. The Morgan fingerprint density at radius 1 is 1.16 bits per heavy atom. The lowest BCUT2D eigenvalue weighted by atomic mass is 10.1. The maximum atomic E-state index is 12.6. The van der Waals surface area contributed by atoms with Crippen LogP contribution >= 0.6 is 0 Å². The fourth-order valence-corrected chi connectivity index (χ4v) is 3.88. The van der Waals surface area contributed by atoms with E-state index in [1.165, 1.54) is 11.6 Å². The maximum Gasteiger partial charge on any atom is 0.336 e. The molecule has 0 atom stereocenters. The number of benzene rings is 1. The second-order valence-electron chi connectivity index (χ2n) is 7.81. The Morgan fingerprint density at radius 3 is 2.71 bits per heavy atom. The highest BCUT2D eigenvalue weighted by Gasteiger charge is 2.22. The number of carbonyl (C=O) groups excluding carboxylic acids is 1. The van der Waals surface area contributed by atoms with Gasteiger partial charge in [0.25, 0.3) is 5.91 Å². The number of hydrogen-bond acceptors (Lipinski definition) is 6. The molecular formula is C24H27N3O4. The van der Waals surface area contributed by atoms with Crippen molar-refractivity contribution in [2.45, 2.75) is 26.8 Å². The van der Waals surface area contributed by atoms with E-state index in [9.17, 15) is 9.59 Å². The molecular weight excluding hydrogens is 394 g/mol. The molecule has 1 aliphatic rings. The van der Waals surface area contributed by atoms with Crippen molar-refractivity contribution in [1.29, 1.82) is 0 Å². The number of pyridine rings is 1. The minimum Gasteiger partial charge on any atom is -0.484 e. The molecule has 0 N–H and O–H groups in total. The Hall–Kier alpha value is -3.19. The summed E-state index contributed by atoms with van der Waals surface area (Å²) in [4.78, 5) is 32.9. The molecule has 3 heterocycles. The molecule has 7 heteroatoms. The molecule has 3 aromatic rings. The number of fused-ring (bicyclic) bond motifs is 1. The van der Waals surface area contributed by atoms with E-state index in [1.54, 1.807) is 6.07 Å². The van der Waals surface area contributed by atoms with Crippen molar-refractivity contribution in [1.82, 2.24) is 14.8 Å². The first kappa shape index (κ1) is 21.1. The van der Waals surface area contributed by atoms with E-state index in [-0.39, 0.29) is 18.1 Å². The highest BCUT2D eigenvalue weighted by molar-refractivity contribution is 5.82. The van der Waals surface area contributed by atoms with Gasteiger partial charge in [-0.1, -0.05) is 13.0 Å². The second kappa shape index (κ2) is 9.31. The van der Waals surface area contributed by atoms with Crippen LogP contribution < -0.4 is 10.4 Å². The van der Waals surface area contributed by atoms with Gasteiger partial charge in [-0.05, 0) is 42.7 Å². The summed E-state index contributed by atoms with van der Waals surface area (Å²) in [5, 5.41) is 0.889.